The monoisotopic (exact) mass is 391 g/mol. The second-order valence-electron chi connectivity index (χ2n) is 5.90. The van der Waals surface area contributed by atoms with Gasteiger partial charge in [-0.3, -0.25) is 4.84 Å². The van der Waals surface area contributed by atoms with Crippen LogP contribution in [0.4, 0.5) is 4.79 Å². The first kappa shape index (κ1) is 20.9. The van der Waals surface area contributed by atoms with Crippen LogP contribution in [-0.2, 0) is 26.0 Å². The number of hydrogen-bond donors (Lipinski definition) is 0. The molecule has 6 nitrogen and oxygen atoms in total. The first-order chi connectivity index (χ1) is 13.0. The van der Waals surface area contributed by atoms with Crippen LogP contribution in [0.15, 0.2) is 65.6 Å². The van der Waals surface area contributed by atoms with Crippen molar-refractivity contribution in [1.29, 1.82) is 0 Å². The zero-order chi connectivity index (χ0) is 19.5. The first-order valence-electron chi connectivity index (χ1n) is 8.92. The fourth-order valence-electron chi connectivity index (χ4n) is 2.42. The Bertz CT molecular complexity index is 794. The molecule has 2 rings (SSSR count). The van der Waals surface area contributed by atoms with Crippen LogP contribution in [0.3, 0.4) is 0 Å². The summed E-state index contributed by atoms with van der Waals surface area (Å²) in [5.41, 5.74) is 0.929. The largest absolute Gasteiger partial charge is 0.448 e. The van der Waals surface area contributed by atoms with Crippen molar-refractivity contribution in [2.75, 3.05) is 18.9 Å². The highest BCUT2D eigenvalue weighted by Crippen LogP contribution is 2.13. The maximum atomic E-state index is 12.3. The Labute approximate surface area is 160 Å². The highest BCUT2D eigenvalue weighted by Gasteiger charge is 2.17. The van der Waals surface area contributed by atoms with Gasteiger partial charge in [0.2, 0.25) is 0 Å². The van der Waals surface area contributed by atoms with Gasteiger partial charge in [-0.2, -0.15) is 5.06 Å². The van der Waals surface area contributed by atoms with Gasteiger partial charge in [0.1, 0.15) is 6.61 Å². The molecule has 0 aliphatic rings. The molecule has 1 amide bonds. The molecule has 0 heterocycles. The molecule has 7 heteroatoms. The predicted molar refractivity (Wildman–Crippen MR) is 103 cm³/mol. The number of ether oxygens (including phenoxy) is 1. The van der Waals surface area contributed by atoms with Crippen LogP contribution < -0.4 is 0 Å². The first-order valence-corrected chi connectivity index (χ1v) is 10.6. The molecule has 2 aromatic rings. The average molecular weight is 391 g/mol. The lowest BCUT2D eigenvalue weighted by atomic mass is 10.2. The van der Waals surface area contributed by atoms with Gasteiger partial charge in [0.25, 0.3) is 0 Å². The predicted octanol–water partition coefficient (Wildman–Crippen LogP) is 3.83. The van der Waals surface area contributed by atoms with Crippen molar-refractivity contribution in [2.45, 2.75) is 31.3 Å². The molecule has 0 aliphatic heterocycles. The molecule has 2 aromatic carbocycles. The molecular formula is C20H25NO5S. The summed E-state index contributed by atoms with van der Waals surface area (Å²) in [5, 5.41) is 1.16. The van der Waals surface area contributed by atoms with E-state index in [9.17, 15) is 13.2 Å². The molecule has 0 aliphatic carbocycles. The molecule has 0 fully saturated rings. The average Bonchev–Trinajstić information content (AvgIpc) is 2.69. The lowest BCUT2D eigenvalue weighted by Crippen LogP contribution is -2.33. The topological polar surface area (TPSA) is 72.9 Å². The van der Waals surface area contributed by atoms with Crippen molar-refractivity contribution in [2.24, 2.45) is 0 Å². The maximum Gasteiger partial charge on any atom is 0.433 e. The van der Waals surface area contributed by atoms with Crippen LogP contribution in [-0.4, -0.2) is 38.5 Å². The van der Waals surface area contributed by atoms with Crippen molar-refractivity contribution >= 4 is 15.9 Å². The van der Waals surface area contributed by atoms with Gasteiger partial charge in [-0.1, -0.05) is 48.5 Å². The molecule has 146 valence electrons. The van der Waals surface area contributed by atoms with Crippen LogP contribution in [0.1, 0.15) is 25.3 Å². The number of sulfone groups is 1. The lowest BCUT2D eigenvalue weighted by Gasteiger charge is -2.21. The van der Waals surface area contributed by atoms with Crippen LogP contribution in [0.2, 0.25) is 0 Å². The van der Waals surface area contributed by atoms with Crippen LogP contribution >= 0.6 is 0 Å². The molecular weight excluding hydrogens is 366 g/mol. The Morgan fingerprint density at radius 3 is 2.22 bits per heavy atom. The molecule has 0 saturated carbocycles. The number of benzene rings is 2. The van der Waals surface area contributed by atoms with E-state index in [1.54, 1.807) is 37.3 Å². The minimum atomic E-state index is -3.32. The third-order valence-corrected chi connectivity index (χ3v) is 5.64. The van der Waals surface area contributed by atoms with Gasteiger partial charge in [0.15, 0.2) is 9.84 Å². The maximum absolute atomic E-state index is 12.3. The van der Waals surface area contributed by atoms with E-state index in [1.165, 1.54) is 0 Å². The Morgan fingerprint density at radius 1 is 0.963 bits per heavy atom. The minimum absolute atomic E-state index is 0.0202. The number of carbonyl (C=O) groups excluding carboxylic acids is 1. The number of amides is 1. The molecule has 0 aromatic heterocycles. The van der Waals surface area contributed by atoms with E-state index in [-0.39, 0.29) is 25.5 Å². The zero-order valence-electron chi connectivity index (χ0n) is 15.4. The Hall–Kier alpha value is -2.38. The summed E-state index contributed by atoms with van der Waals surface area (Å²) in [4.78, 5) is 17.9. The Balaban J connectivity index is 1.85. The van der Waals surface area contributed by atoms with E-state index in [1.807, 2.05) is 30.3 Å². The van der Waals surface area contributed by atoms with Crippen LogP contribution in [0, 0.1) is 0 Å². The van der Waals surface area contributed by atoms with E-state index in [4.69, 9.17) is 9.57 Å². The molecule has 0 spiro atoms. The summed E-state index contributed by atoms with van der Waals surface area (Å²) >= 11 is 0. The van der Waals surface area contributed by atoms with Crippen molar-refractivity contribution in [3.05, 3.63) is 66.2 Å². The second kappa shape index (κ2) is 10.7. The van der Waals surface area contributed by atoms with Gasteiger partial charge >= 0.3 is 6.09 Å². The summed E-state index contributed by atoms with van der Waals surface area (Å²) in [6.45, 7) is 2.46. The molecule has 0 N–H and O–H groups in total. The highest BCUT2D eigenvalue weighted by atomic mass is 32.2. The standard InChI is InChI=1S/C20H25NO5S/c1-2-25-20(22)21(26-17-18-11-5-3-6-12-18)15-9-10-16-27(23,24)19-13-7-4-8-14-19/h3-8,11-14H,2,9-10,15-17H2,1H3. The number of hydrogen-bond acceptors (Lipinski definition) is 5. The zero-order valence-corrected chi connectivity index (χ0v) is 16.2. The number of rotatable bonds is 10. The van der Waals surface area contributed by atoms with E-state index in [0.717, 1.165) is 10.6 Å². The quantitative estimate of drug-likeness (QED) is 0.455. The molecule has 27 heavy (non-hydrogen) atoms. The van der Waals surface area contributed by atoms with E-state index < -0.39 is 15.9 Å². The smallest absolute Gasteiger partial charge is 0.433 e. The summed E-state index contributed by atoms with van der Waals surface area (Å²) < 4.78 is 29.6. The number of carbonyl (C=O) groups is 1. The second-order valence-corrected chi connectivity index (χ2v) is 8.01. The fraction of sp³-hybridized carbons (Fsp3) is 0.350. The molecule has 0 atom stereocenters. The van der Waals surface area contributed by atoms with Crippen molar-refractivity contribution in [3.8, 4) is 0 Å². The van der Waals surface area contributed by atoms with Crippen molar-refractivity contribution in [1.82, 2.24) is 5.06 Å². The number of unbranched alkanes of at least 4 members (excludes halogenated alkanes) is 1. The fourth-order valence-corrected chi connectivity index (χ4v) is 3.82. The summed E-state index contributed by atoms with van der Waals surface area (Å²) in [6.07, 6.45) is 0.334. The summed E-state index contributed by atoms with van der Waals surface area (Å²) in [7, 11) is -3.32. The Morgan fingerprint density at radius 2 is 1.59 bits per heavy atom. The van der Waals surface area contributed by atoms with E-state index in [2.05, 4.69) is 0 Å². The van der Waals surface area contributed by atoms with Crippen LogP contribution in [0.5, 0.6) is 0 Å². The molecule has 0 unspecified atom stereocenters. The number of hydroxylamine groups is 2. The molecule has 0 radical (unpaired) electrons. The minimum Gasteiger partial charge on any atom is -0.448 e. The lowest BCUT2D eigenvalue weighted by molar-refractivity contribution is -0.146. The van der Waals surface area contributed by atoms with E-state index >= 15 is 0 Å². The number of nitrogens with zero attached hydrogens (tertiary/aromatic N) is 1. The van der Waals surface area contributed by atoms with Crippen LogP contribution in [0.25, 0.3) is 0 Å². The molecule has 0 bridgehead atoms. The van der Waals surface area contributed by atoms with Gasteiger partial charge < -0.3 is 4.74 Å². The summed E-state index contributed by atoms with van der Waals surface area (Å²) in [6, 6.07) is 17.8. The highest BCUT2D eigenvalue weighted by molar-refractivity contribution is 7.91. The van der Waals surface area contributed by atoms with Gasteiger partial charge in [-0.05, 0) is 37.5 Å². The third-order valence-electron chi connectivity index (χ3n) is 3.83. The van der Waals surface area contributed by atoms with Gasteiger partial charge in [0, 0.05) is 0 Å². The summed E-state index contributed by atoms with van der Waals surface area (Å²) in [5.74, 6) is 0.0202. The molecule has 0 saturated heterocycles. The van der Waals surface area contributed by atoms with Gasteiger partial charge in [0.05, 0.1) is 23.8 Å². The van der Waals surface area contributed by atoms with Gasteiger partial charge in [-0.25, -0.2) is 13.2 Å². The normalized spacial score (nSPS) is 11.1. The third kappa shape index (κ3) is 7.03. The Kier molecular flexibility index (Phi) is 8.29. The van der Waals surface area contributed by atoms with Gasteiger partial charge in [-0.15, -0.1) is 0 Å². The van der Waals surface area contributed by atoms with Crippen molar-refractivity contribution in [3.63, 3.8) is 0 Å². The van der Waals surface area contributed by atoms with E-state index in [0.29, 0.717) is 17.7 Å². The van der Waals surface area contributed by atoms with Crippen molar-refractivity contribution < 1.29 is 22.8 Å². The SMILES string of the molecule is CCOC(=O)N(CCCCS(=O)(=O)c1ccccc1)OCc1ccccc1.